The van der Waals surface area contributed by atoms with Crippen LogP contribution >= 0.6 is 34.5 Å². The van der Waals surface area contributed by atoms with Crippen LogP contribution in [0.25, 0.3) is 21.6 Å². The van der Waals surface area contributed by atoms with Crippen LogP contribution in [0.4, 0.5) is 0 Å². The molecule has 1 fully saturated rings. The average molecular weight is 672 g/mol. The van der Waals surface area contributed by atoms with E-state index >= 15 is 0 Å². The summed E-state index contributed by atoms with van der Waals surface area (Å²) in [7, 11) is -3.52. The summed E-state index contributed by atoms with van der Waals surface area (Å²) < 4.78 is 25.6. The number of piperidine rings is 1. The van der Waals surface area contributed by atoms with E-state index < -0.39 is 21.2 Å². The smallest absolute Gasteiger partial charge is 0.267 e. The van der Waals surface area contributed by atoms with Crippen molar-refractivity contribution in [1.82, 2.24) is 10.6 Å². The van der Waals surface area contributed by atoms with Crippen molar-refractivity contribution in [3.05, 3.63) is 99.3 Å². The van der Waals surface area contributed by atoms with Crippen molar-refractivity contribution in [2.75, 3.05) is 25.4 Å². The number of thiophene rings is 1. The quantitative estimate of drug-likeness (QED) is 0.131. The highest BCUT2D eigenvalue weighted by atomic mass is 35.5. The predicted octanol–water partition coefficient (Wildman–Crippen LogP) is 6.51. The molecule has 1 aromatic heterocycles. The number of carbonyl (C=O) groups is 2. The Morgan fingerprint density at radius 2 is 1.61 bits per heavy atom. The highest BCUT2D eigenvalue weighted by Gasteiger charge is 2.42. The van der Waals surface area contributed by atoms with Crippen molar-refractivity contribution < 1.29 is 23.1 Å². The third-order valence-corrected chi connectivity index (χ3v) is 11.5. The van der Waals surface area contributed by atoms with E-state index in [-0.39, 0.29) is 23.2 Å². The lowest BCUT2D eigenvalue weighted by molar-refractivity contribution is -0.126. The second-order valence-corrected chi connectivity index (χ2v) is 14.7. The normalized spacial score (nSPS) is 14.7. The summed E-state index contributed by atoms with van der Waals surface area (Å²) in [6.07, 6.45) is 1.90. The van der Waals surface area contributed by atoms with Crippen molar-refractivity contribution in [3.63, 3.8) is 0 Å². The van der Waals surface area contributed by atoms with Gasteiger partial charge in [0.1, 0.15) is 0 Å². The fourth-order valence-corrected chi connectivity index (χ4v) is 8.54. The Labute approximate surface area is 271 Å². The molecule has 0 unspecified atom stereocenters. The summed E-state index contributed by atoms with van der Waals surface area (Å²) in [4.78, 5) is 28.6. The van der Waals surface area contributed by atoms with E-state index in [1.54, 1.807) is 48.5 Å². The van der Waals surface area contributed by atoms with E-state index in [4.69, 9.17) is 28.3 Å². The highest BCUT2D eigenvalue weighted by Crippen LogP contribution is 2.43. The molecule has 1 aliphatic heterocycles. The molecule has 1 aliphatic rings. The number of benzene rings is 3. The lowest BCUT2D eigenvalue weighted by Crippen LogP contribution is -2.52. The molecule has 3 N–H and O–H groups in total. The molecule has 0 spiro atoms. The number of unbranched alkanes of at least 4 members (excludes halogenated alkanes) is 1. The Morgan fingerprint density at radius 3 is 2.27 bits per heavy atom. The zero-order chi connectivity index (χ0) is 31.3. The summed E-state index contributed by atoms with van der Waals surface area (Å²) in [5, 5.41) is 15.8. The molecule has 0 atom stereocenters. The van der Waals surface area contributed by atoms with Crippen LogP contribution in [0.3, 0.4) is 0 Å². The number of hydrogen-bond acceptors (Lipinski definition) is 7. The number of carbonyl (C=O) groups excluding carboxylic acids is 2. The first-order chi connectivity index (χ1) is 21.1. The zero-order valence-corrected chi connectivity index (χ0v) is 27.0. The van der Waals surface area contributed by atoms with Crippen molar-refractivity contribution in [2.24, 2.45) is 0 Å². The Balaban J connectivity index is 1.49. The number of amides is 2. The molecule has 2 heterocycles. The van der Waals surface area contributed by atoms with Crippen LogP contribution in [0.1, 0.15) is 40.9 Å². The van der Waals surface area contributed by atoms with Crippen LogP contribution in [0.15, 0.2) is 83.8 Å². The third-order valence-electron chi connectivity index (χ3n) is 7.92. The number of imide groups is 1. The van der Waals surface area contributed by atoms with Gasteiger partial charge in [-0.15, -0.1) is 11.3 Å². The van der Waals surface area contributed by atoms with Crippen LogP contribution < -0.4 is 10.6 Å². The molecule has 3 aromatic carbocycles. The summed E-state index contributed by atoms with van der Waals surface area (Å²) in [6, 6.07) is 22.8. The molecule has 0 radical (unpaired) electrons. The van der Waals surface area contributed by atoms with Gasteiger partial charge < -0.3 is 10.4 Å². The molecule has 4 aromatic rings. The predicted molar refractivity (Wildman–Crippen MR) is 176 cm³/mol. The Morgan fingerprint density at radius 1 is 0.909 bits per heavy atom. The monoisotopic (exact) mass is 670 g/mol. The van der Waals surface area contributed by atoms with E-state index in [2.05, 4.69) is 10.6 Å². The molecule has 11 heteroatoms. The minimum Gasteiger partial charge on any atom is -0.396 e. The van der Waals surface area contributed by atoms with Gasteiger partial charge in [0.25, 0.3) is 5.91 Å². The van der Waals surface area contributed by atoms with Gasteiger partial charge >= 0.3 is 0 Å². The lowest BCUT2D eigenvalue weighted by atomic mass is 9.72. The first-order valence-electron chi connectivity index (χ1n) is 14.3. The minimum atomic E-state index is -3.52. The summed E-state index contributed by atoms with van der Waals surface area (Å²) in [5.74, 6) is -0.919. The van der Waals surface area contributed by atoms with Gasteiger partial charge in [-0.25, -0.2) is 8.42 Å². The van der Waals surface area contributed by atoms with Gasteiger partial charge in [-0.1, -0.05) is 71.7 Å². The minimum absolute atomic E-state index is 0.0596. The van der Waals surface area contributed by atoms with E-state index in [0.29, 0.717) is 75.3 Å². The van der Waals surface area contributed by atoms with E-state index in [0.717, 1.165) is 5.56 Å². The topological polar surface area (TPSA) is 113 Å². The van der Waals surface area contributed by atoms with E-state index in [1.165, 1.54) is 11.3 Å². The molecule has 0 saturated carbocycles. The number of rotatable bonds is 10. The summed E-state index contributed by atoms with van der Waals surface area (Å²) >= 11 is 13.9. The highest BCUT2D eigenvalue weighted by molar-refractivity contribution is 7.91. The Bertz CT molecular complexity index is 1750. The van der Waals surface area contributed by atoms with Crippen molar-refractivity contribution in [3.8, 4) is 21.6 Å². The molecule has 44 heavy (non-hydrogen) atoms. The van der Waals surface area contributed by atoms with Gasteiger partial charge in [0, 0.05) is 27.6 Å². The molecule has 230 valence electrons. The lowest BCUT2D eigenvalue weighted by Gasteiger charge is -2.36. The van der Waals surface area contributed by atoms with Crippen LogP contribution in [0, 0.1) is 0 Å². The molecular weight excluding hydrogens is 639 g/mol. The van der Waals surface area contributed by atoms with Crippen molar-refractivity contribution in [2.45, 2.75) is 36.0 Å². The van der Waals surface area contributed by atoms with Gasteiger partial charge in [0.15, 0.2) is 9.84 Å². The average Bonchev–Trinajstić information content (AvgIpc) is 3.47. The number of hydrogen-bond donors (Lipinski definition) is 3. The maximum Gasteiger partial charge on any atom is 0.267 e. The largest absolute Gasteiger partial charge is 0.396 e. The molecule has 0 aliphatic carbocycles. The van der Waals surface area contributed by atoms with Crippen LogP contribution in [-0.4, -0.2) is 50.8 Å². The van der Waals surface area contributed by atoms with Gasteiger partial charge in [-0.2, -0.15) is 0 Å². The number of aliphatic hydroxyl groups excluding tert-OH is 1. The maximum absolute atomic E-state index is 13.8. The second kappa shape index (κ2) is 13.9. The van der Waals surface area contributed by atoms with Crippen molar-refractivity contribution in [1.29, 1.82) is 0 Å². The molecule has 2 amide bonds. The SMILES string of the molecule is O=C(NC(=O)C1(c2ccccc2)CCNCC1)c1cc(-c2ccc(S(=O)(=O)CCCCO)cc2)c(-c2ccc(Cl)cc2Cl)s1. The van der Waals surface area contributed by atoms with Crippen molar-refractivity contribution >= 4 is 56.2 Å². The summed E-state index contributed by atoms with van der Waals surface area (Å²) in [6.45, 7) is 1.26. The van der Waals surface area contributed by atoms with Gasteiger partial charge in [0.05, 0.1) is 26.0 Å². The fourth-order valence-electron chi connectivity index (χ4n) is 5.50. The van der Waals surface area contributed by atoms with Gasteiger partial charge in [0.2, 0.25) is 5.91 Å². The second-order valence-electron chi connectivity index (χ2n) is 10.7. The molecule has 5 rings (SSSR count). The molecule has 1 saturated heterocycles. The summed E-state index contributed by atoms with van der Waals surface area (Å²) in [5.41, 5.74) is 2.05. The first kappa shape index (κ1) is 32.3. The standard InChI is InChI=1S/C33H32Cl2N2O5S2/c34-24-10-13-26(28(35)20-24)30-27(22-8-11-25(12-9-22)44(41,42)19-5-4-18-38)21-29(43-30)31(39)37-32(40)33(14-16-36-17-15-33)23-6-2-1-3-7-23/h1-3,6-13,20-21,36,38H,4-5,14-19H2,(H,37,39,40). The molecule has 0 bridgehead atoms. The Hall–Kier alpha value is -3.05. The number of aliphatic hydroxyl groups is 1. The first-order valence-corrected chi connectivity index (χ1v) is 17.5. The molecular formula is C33H32Cl2N2O5S2. The Kier molecular flexibility index (Phi) is 10.2. The van der Waals surface area contributed by atoms with E-state index in [1.807, 2.05) is 30.3 Å². The number of sulfone groups is 1. The van der Waals surface area contributed by atoms with Crippen LogP contribution in [0.5, 0.6) is 0 Å². The number of halogens is 2. The molecule has 7 nitrogen and oxygen atoms in total. The van der Waals surface area contributed by atoms with Crippen LogP contribution in [-0.2, 0) is 20.0 Å². The van der Waals surface area contributed by atoms with Gasteiger partial charge in [-0.05, 0) is 80.2 Å². The number of nitrogens with one attached hydrogen (secondary N) is 2. The van der Waals surface area contributed by atoms with Crippen LogP contribution in [0.2, 0.25) is 10.0 Å². The van der Waals surface area contributed by atoms with E-state index in [9.17, 15) is 18.0 Å². The maximum atomic E-state index is 13.8. The third kappa shape index (κ3) is 6.93. The fraction of sp³-hybridized carbons (Fsp3) is 0.273. The zero-order valence-electron chi connectivity index (χ0n) is 23.8. The van der Waals surface area contributed by atoms with Gasteiger partial charge in [-0.3, -0.25) is 14.9 Å².